The van der Waals surface area contributed by atoms with Gasteiger partial charge in [-0.3, -0.25) is 9.36 Å². The number of benzene rings is 1. The van der Waals surface area contributed by atoms with Crippen molar-refractivity contribution in [3.05, 3.63) is 46.5 Å². The molecule has 3 aromatic rings. The first-order valence-electron chi connectivity index (χ1n) is 10.4. The number of aromatic nitrogens is 3. The molecule has 1 atom stereocenters. The van der Waals surface area contributed by atoms with Crippen molar-refractivity contribution in [2.75, 3.05) is 26.8 Å². The number of para-hydroxylation sites is 2. The molecule has 10 nitrogen and oxygen atoms in total. The van der Waals surface area contributed by atoms with Crippen molar-refractivity contribution in [3.63, 3.8) is 0 Å². The largest absolute Gasteiger partial charge is 0.419 e. The van der Waals surface area contributed by atoms with E-state index in [2.05, 4.69) is 10.1 Å². The van der Waals surface area contributed by atoms with E-state index in [0.29, 0.717) is 55.5 Å². The SMILES string of the molecule is COCc1nc(CCOC2CCCN(C(=O)CCn3c(=O)oc4ccccc43)C2)no1. The van der Waals surface area contributed by atoms with E-state index in [4.69, 9.17) is 18.4 Å². The topological polar surface area (TPSA) is 113 Å². The molecular weight excluding hydrogens is 404 g/mol. The zero-order chi connectivity index (χ0) is 21.6. The van der Waals surface area contributed by atoms with E-state index in [-0.39, 0.29) is 25.0 Å². The number of likely N-dealkylation sites (tertiary alicyclic amines) is 1. The molecule has 0 spiro atoms. The molecule has 3 heterocycles. The molecule has 2 aromatic heterocycles. The number of hydrogen-bond acceptors (Lipinski definition) is 8. The van der Waals surface area contributed by atoms with Crippen LogP contribution in [0.3, 0.4) is 0 Å². The molecule has 0 aliphatic carbocycles. The molecule has 0 radical (unpaired) electrons. The van der Waals surface area contributed by atoms with Crippen molar-refractivity contribution in [3.8, 4) is 0 Å². The summed E-state index contributed by atoms with van der Waals surface area (Å²) in [5, 5.41) is 3.89. The molecule has 0 saturated carbocycles. The van der Waals surface area contributed by atoms with Gasteiger partial charge in [-0.05, 0) is 25.0 Å². The molecule has 0 bridgehead atoms. The maximum Gasteiger partial charge on any atom is 0.419 e. The number of fused-ring (bicyclic) bond motifs is 1. The van der Waals surface area contributed by atoms with Crippen LogP contribution >= 0.6 is 0 Å². The molecule has 1 fully saturated rings. The second-order valence-electron chi connectivity index (χ2n) is 7.50. The summed E-state index contributed by atoms with van der Waals surface area (Å²) in [6.45, 7) is 2.27. The Morgan fingerprint density at radius 1 is 1.32 bits per heavy atom. The number of hydrogen-bond donors (Lipinski definition) is 0. The zero-order valence-corrected chi connectivity index (χ0v) is 17.5. The van der Waals surface area contributed by atoms with Crippen LogP contribution in [0.1, 0.15) is 31.0 Å². The number of piperidine rings is 1. The van der Waals surface area contributed by atoms with E-state index < -0.39 is 5.76 Å². The summed E-state index contributed by atoms with van der Waals surface area (Å²) in [5.41, 5.74) is 1.23. The van der Waals surface area contributed by atoms with E-state index in [1.807, 2.05) is 23.1 Å². The Morgan fingerprint density at radius 2 is 2.19 bits per heavy atom. The van der Waals surface area contributed by atoms with Gasteiger partial charge < -0.3 is 23.3 Å². The Balaban J connectivity index is 1.25. The van der Waals surface area contributed by atoms with Crippen molar-refractivity contribution in [1.29, 1.82) is 0 Å². The number of amides is 1. The van der Waals surface area contributed by atoms with E-state index >= 15 is 0 Å². The quantitative estimate of drug-likeness (QED) is 0.505. The lowest BCUT2D eigenvalue weighted by molar-refractivity contribution is -0.135. The van der Waals surface area contributed by atoms with Gasteiger partial charge in [0.25, 0.3) is 5.89 Å². The summed E-state index contributed by atoms with van der Waals surface area (Å²) < 4.78 is 22.7. The predicted octanol–water partition coefficient (Wildman–Crippen LogP) is 1.76. The number of oxazole rings is 1. The molecule has 1 unspecified atom stereocenters. The van der Waals surface area contributed by atoms with Crippen LogP contribution in [0.4, 0.5) is 0 Å². The molecule has 0 N–H and O–H groups in total. The summed E-state index contributed by atoms with van der Waals surface area (Å²) in [7, 11) is 1.57. The average molecular weight is 430 g/mol. The van der Waals surface area contributed by atoms with Crippen LogP contribution in [-0.4, -0.2) is 58.4 Å². The number of aryl methyl sites for hydroxylation is 1. The van der Waals surface area contributed by atoms with Gasteiger partial charge in [0.1, 0.15) is 6.61 Å². The second kappa shape index (κ2) is 9.88. The Bertz CT molecular complexity index is 1070. The van der Waals surface area contributed by atoms with Crippen LogP contribution in [0.15, 0.2) is 38.0 Å². The zero-order valence-electron chi connectivity index (χ0n) is 17.5. The number of methoxy groups -OCH3 is 1. The van der Waals surface area contributed by atoms with Crippen LogP contribution in [0.2, 0.25) is 0 Å². The average Bonchev–Trinajstić information content (AvgIpc) is 3.35. The van der Waals surface area contributed by atoms with E-state index in [1.54, 1.807) is 13.2 Å². The second-order valence-corrected chi connectivity index (χ2v) is 7.50. The molecular formula is C21H26N4O6. The van der Waals surface area contributed by atoms with Gasteiger partial charge in [0.05, 0.1) is 18.2 Å². The smallest absolute Gasteiger partial charge is 0.408 e. The van der Waals surface area contributed by atoms with Crippen molar-refractivity contribution in [2.24, 2.45) is 0 Å². The minimum absolute atomic E-state index is 0.00727. The van der Waals surface area contributed by atoms with Gasteiger partial charge in [0.2, 0.25) is 5.91 Å². The van der Waals surface area contributed by atoms with Crippen molar-refractivity contribution in [2.45, 2.75) is 44.9 Å². The molecule has 4 rings (SSSR count). The summed E-state index contributed by atoms with van der Waals surface area (Å²) in [4.78, 5) is 30.8. The highest BCUT2D eigenvalue weighted by atomic mass is 16.5. The van der Waals surface area contributed by atoms with Gasteiger partial charge in [0, 0.05) is 39.6 Å². The first-order chi connectivity index (χ1) is 15.1. The van der Waals surface area contributed by atoms with Gasteiger partial charge in [-0.2, -0.15) is 4.98 Å². The maximum atomic E-state index is 12.7. The lowest BCUT2D eigenvalue weighted by Gasteiger charge is -2.32. The first-order valence-corrected chi connectivity index (χ1v) is 10.4. The molecule has 166 valence electrons. The number of nitrogens with zero attached hydrogens (tertiary/aromatic N) is 4. The minimum atomic E-state index is -0.441. The third-order valence-electron chi connectivity index (χ3n) is 5.31. The maximum absolute atomic E-state index is 12.7. The molecule has 1 saturated heterocycles. The first kappa shape index (κ1) is 21.3. The Kier molecular flexibility index (Phi) is 6.78. The number of rotatable bonds is 9. The standard InChI is InChI=1S/C21H26N4O6/c1-28-14-19-22-18(23-31-19)9-12-29-15-5-4-10-24(13-15)20(26)8-11-25-16-6-2-3-7-17(16)30-21(25)27/h2-3,6-7,15H,4-5,8-14H2,1H3. The fraction of sp³-hybridized carbons (Fsp3) is 0.524. The Hall–Kier alpha value is -2.98. The summed E-state index contributed by atoms with van der Waals surface area (Å²) in [6, 6.07) is 7.22. The van der Waals surface area contributed by atoms with Crippen LogP contribution in [-0.2, 0) is 33.8 Å². The molecule has 1 aliphatic rings. The lowest BCUT2D eigenvalue weighted by atomic mass is 10.1. The van der Waals surface area contributed by atoms with E-state index in [1.165, 1.54) is 4.57 Å². The number of carbonyl (C=O) groups is 1. The fourth-order valence-electron chi connectivity index (χ4n) is 3.78. The van der Waals surface area contributed by atoms with E-state index in [9.17, 15) is 9.59 Å². The van der Waals surface area contributed by atoms with E-state index in [0.717, 1.165) is 12.8 Å². The lowest BCUT2D eigenvalue weighted by Crippen LogP contribution is -2.43. The Morgan fingerprint density at radius 3 is 3.06 bits per heavy atom. The molecule has 1 aliphatic heterocycles. The molecule has 1 amide bonds. The van der Waals surface area contributed by atoms with Crippen LogP contribution in [0.5, 0.6) is 0 Å². The predicted molar refractivity (Wildman–Crippen MR) is 109 cm³/mol. The summed E-state index contributed by atoms with van der Waals surface area (Å²) in [5.74, 6) is 0.585. The molecule has 10 heteroatoms. The van der Waals surface area contributed by atoms with Crippen molar-refractivity contribution in [1.82, 2.24) is 19.6 Å². The van der Waals surface area contributed by atoms with Crippen LogP contribution < -0.4 is 5.76 Å². The van der Waals surface area contributed by atoms with Crippen LogP contribution in [0, 0.1) is 0 Å². The van der Waals surface area contributed by atoms with Crippen LogP contribution in [0.25, 0.3) is 11.1 Å². The highest BCUT2D eigenvalue weighted by molar-refractivity contribution is 5.77. The van der Waals surface area contributed by atoms with Gasteiger partial charge >= 0.3 is 5.76 Å². The highest BCUT2D eigenvalue weighted by Crippen LogP contribution is 2.16. The number of ether oxygens (including phenoxy) is 2. The summed E-state index contributed by atoms with van der Waals surface area (Å²) >= 11 is 0. The van der Waals surface area contributed by atoms with Crippen molar-refractivity contribution >= 4 is 17.0 Å². The van der Waals surface area contributed by atoms with Gasteiger partial charge in [-0.25, -0.2) is 4.79 Å². The van der Waals surface area contributed by atoms with Gasteiger partial charge in [-0.1, -0.05) is 17.3 Å². The highest BCUT2D eigenvalue weighted by Gasteiger charge is 2.24. The van der Waals surface area contributed by atoms with Gasteiger partial charge in [-0.15, -0.1) is 0 Å². The number of carbonyl (C=O) groups excluding carboxylic acids is 1. The minimum Gasteiger partial charge on any atom is -0.408 e. The third kappa shape index (κ3) is 5.20. The third-order valence-corrected chi connectivity index (χ3v) is 5.31. The molecule has 31 heavy (non-hydrogen) atoms. The Labute approximate surface area is 178 Å². The van der Waals surface area contributed by atoms with Crippen molar-refractivity contribution < 1.29 is 23.2 Å². The fourth-order valence-corrected chi connectivity index (χ4v) is 3.78. The monoisotopic (exact) mass is 430 g/mol. The van der Waals surface area contributed by atoms with Gasteiger partial charge in [0.15, 0.2) is 11.4 Å². The summed E-state index contributed by atoms with van der Waals surface area (Å²) in [6.07, 6.45) is 2.53. The normalized spacial score (nSPS) is 16.8. The molecule has 1 aromatic carbocycles.